The number of halogens is 2. The molecule has 0 saturated carbocycles. The number of likely N-dealkylation sites (tertiary alicyclic amines) is 1. The van der Waals surface area contributed by atoms with E-state index in [1.165, 1.54) is 37.9 Å². The molecule has 1 fully saturated rings. The van der Waals surface area contributed by atoms with Crippen molar-refractivity contribution in [3.8, 4) is 5.75 Å². The maximum absolute atomic E-state index is 12.4. The Morgan fingerprint density at radius 1 is 1.11 bits per heavy atom. The average Bonchev–Trinajstić information content (AvgIpc) is 2.66. The van der Waals surface area contributed by atoms with Gasteiger partial charge in [0, 0.05) is 17.3 Å². The van der Waals surface area contributed by atoms with Crippen LogP contribution in [0.2, 0.25) is 10.0 Å². The molecule has 1 amide bonds. The van der Waals surface area contributed by atoms with E-state index < -0.39 is 6.10 Å². The molecule has 0 aliphatic carbocycles. The lowest BCUT2D eigenvalue weighted by Gasteiger charge is -2.26. The van der Waals surface area contributed by atoms with Crippen LogP contribution < -0.4 is 10.1 Å². The van der Waals surface area contributed by atoms with Crippen LogP contribution in [-0.2, 0) is 11.3 Å². The molecule has 1 atom stereocenters. The van der Waals surface area contributed by atoms with Gasteiger partial charge in [-0.3, -0.25) is 9.69 Å². The van der Waals surface area contributed by atoms with Crippen molar-refractivity contribution in [2.75, 3.05) is 18.4 Å². The van der Waals surface area contributed by atoms with Crippen LogP contribution >= 0.6 is 23.2 Å². The third kappa shape index (κ3) is 5.86. The zero-order valence-electron chi connectivity index (χ0n) is 15.4. The van der Waals surface area contributed by atoms with Gasteiger partial charge in [-0.2, -0.15) is 0 Å². The van der Waals surface area contributed by atoms with Gasteiger partial charge in [-0.15, -0.1) is 0 Å². The number of anilines is 1. The standard InChI is InChI=1S/C21H24Cl2N2O2/c1-15(27-20-10-7-17(22)13-19(20)23)21(26)24-18-8-5-16(6-9-18)14-25-11-3-2-4-12-25/h5-10,13,15H,2-4,11-12,14H2,1H3,(H,24,26). The molecule has 0 spiro atoms. The molecular weight excluding hydrogens is 383 g/mol. The summed E-state index contributed by atoms with van der Waals surface area (Å²) in [4.78, 5) is 14.9. The first-order chi connectivity index (χ1) is 13.0. The summed E-state index contributed by atoms with van der Waals surface area (Å²) in [6, 6.07) is 12.9. The Hall–Kier alpha value is -1.75. The highest BCUT2D eigenvalue weighted by molar-refractivity contribution is 6.35. The van der Waals surface area contributed by atoms with Crippen molar-refractivity contribution in [3.05, 3.63) is 58.1 Å². The number of nitrogens with one attached hydrogen (secondary N) is 1. The Kier molecular flexibility index (Phi) is 7.00. The molecule has 1 aliphatic rings. The molecule has 1 unspecified atom stereocenters. The molecular formula is C21H24Cl2N2O2. The van der Waals surface area contributed by atoms with Crippen molar-refractivity contribution in [2.24, 2.45) is 0 Å². The molecule has 1 N–H and O–H groups in total. The topological polar surface area (TPSA) is 41.6 Å². The van der Waals surface area contributed by atoms with Crippen molar-refractivity contribution >= 4 is 34.8 Å². The maximum atomic E-state index is 12.4. The van der Waals surface area contributed by atoms with Gasteiger partial charge in [0.25, 0.3) is 5.91 Å². The van der Waals surface area contributed by atoms with E-state index in [0.29, 0.717) is 15.8 Å². The van der Waals surface area contributed by atoms with E-state index in [-0.39, 0.29) is 5.91 Å². The predicted octanol–water partition coefficient (Wildman–Crippen LogP) is 5.39. The van der Waals surface area contributed by atoms with Gasteiger partial charge in [0.1, 0.15) is 5.75 Å². The molecule has 0 radical (unpaired) electrons. The molecule has 1 aliphatic heterocycles. The number of carbonyl (C=O) groups excluding carboxylic acids is 1. The highest BCUT2D eigenvalue weighted by Gasteiger charge is 2.17. The summed E-state index contributed by atoms with van der Waals surface area (Å²) in [6.07, 6.45) is 3.22. The number of ether oxygens (including phenoxy) is 1. The molecule has 0 aromatic heterocycles. The Morgan fingerprint density at radius 2 is 1.81 bits per heavy atom. The molecule has 27 heavy (non-hydrogen) atoms. The molecule has 144 valence electrons. The summed E-state index contributed by atoms with van der Waals surface area (Å²) in [5.41, 5.74) is 2.01. The Labute approximate surface area is 170 Å². The largest absolute Gasteiger partial charge is 0.479 e. The van der Waals surface area contributed by atoms with Crippen LogP contribution in [0, 0.1) is 0 Å². The van der Waals surface area contributed by atoms with Crippen LogP contribution in [0.1, 0.15) is 31.7 Å². The third-order valence-electron chi connectivity index (χ3n) is 4.64. The van der Waals surface area contributed by atoms with Crippen molar-refractivity contribution in [2.45, 2.75) is 38.8 Å². The quantitative estimate of drug-likeness (QED) is 0.699. The van der Waals surface area contributed by atoms with Crippen molar-refractivity contribution in [3.63, 3.8) is 0 Å². The summed E-state index contributed by atoms with van der Waals surface area (Å²) >= 11 is 12.0. The monoisotopic (exact) mass is 406 g/mol. The van der Waals surface area contributed by atoms with E-state index in [1.54, 1.807) is 25.1 Å². The molecule has 6 heteroatoms. The third-order valence-corrected chi connectivity index (χ3v) is 5.17. The fraction of sp³-hybridized carbons (Fsp3) is 0.381. The SMILES string of the molecule is CC(Oc1ccc(Cl)cc1Cl)C(=O)Nc1ccc(CN2CCCCC2)cc1. The van der Waals surface area contributed by atoms with Crippen LogP contribution in [-0.4, -0.2) is 30.0 Å². The summed E-state index contributed by atoms with van der Waals surface area (Å²) in [7, 11) is 0. The lowest BCUT2D eigenvalue weighted by molar-refractivity contribution is -0.122. The van der Waals surface area contributed by atoms with Crippen molar-refractivity contribution in [1.82, 2.24) is 4.90 Å². The van der Waals surface area contributed by atoms with Gasteiger partial charge in [-0.1, -0.05) is 41.8 Å². The molecule has 4 nitrogen and oxygen atoms in total. The Balaban J connectivity index is 1.53. The predicted molar refractivity (Wildman–Crippen MR) is 111 cm³/mol. The van der Waals surface area contributed by atoms with Gasteiger partial charge >= 0.3 is 0 Å². The average molecular weight is 407 g/mol. The summed E-state index contributed by atoms with van der Waals surface area (Å²) in [5, 5.41) is 3.78. The van der Waals surface area contributed by atoms with E-state index >= 15 is 0 Å². The number of hydrogen-bond donors (Lipinski definition) is 1. The Bertz CT molecular complexity index is 774. The van der Waals surface area contributed by atoms with Crippen LogP contribution in [0.15, 0.2) is 42.5 Å². The zero-order chi connectivity index (χ0) is 19.2. The second kappa shape index (κ2) is 9.45. The molecule has 1 saturated heterocycles. The smallest absolute Gasteiger partial charge is 0.265 e. The van der Waals surface area contributed by atoms with Crippen LogP contribution in [0.4, 0.5) is 5.69 Å². The lowest BCUT2D eigenvalue weighted by atomic mass is 10.1. The van der Waals surface area contributed by atoms with Crippen LogP contribution in [0.3, 0.4) is 0 Å². The van der Waals surface area contributed by atoms with E-state index in [9.17, 15) is 4.79 Å². The minimum atomic E-state index is -0.684. The van der Waals surface area contributed by atoms with Gasteiger partial charge in [0.15, 0.2) is 6.10 Å². The number of amides is 1. The second-order valence-electron chi connectivity index (χ2n) is 6.86. The fourth-order valence-electron chi connectivity index (χ4n) is 3.13. The molecule has 3 rings (SSSR count). The van der Waals surface area contributed by atoms with Crippen molar-refractivity contribution < 1.29 is 9.53 Å². The molecule has 2 aromatic rings. The number of rotatable bonds is 6. The summed E-state index contributed by atoms with van der Waals surface area (Å²) < 4.78 is 5.65. The highest BCUT2D eigenvalue weighted by Crippen LogP contribution is 2.28. The normalized spacial score (nSPS) is 16.0. The van der Waals surface area contributed by atoms with E-state index in [2.05, 4.69) is 22.3 Å². The van der Waals surface area contributed by atoms with Crippen molar-refractivity contribution in [1.29, 1.82) is 0 Å². The van der Waals surface area contributed by atoms with E-state index in [1.807, 2.05) is 12.1 Å². The van der Waals surface area contributed by atoms with Crippen LogP contribution in [0.25, 0.3) is 0 Å². The summed E-state index contributed by atoms with van der Waals surface area (Å²) in [6.45, 7) is 4.98. The number of piperidine rings is 1. The van der Waals surface area contributed by atoms with E-state index in [0.717, 1.165) is 12.2 Å². The number of benzene rings is 2. The van der Waals surface area contributed by atoms with Gasteiger partial charge in [-0.05, 0) is 68.8 Å². The first-order valence-corrected chi connectivity index (χ1v) is 10.0. The molecule has 0 bridgehead atoms. The molecule has 2 aromatic carbocycles. The zero-order valence-corrected chi connectivity index (χ0v) is 16.9. The number of nitrogens with zero attached hydrogens (tertiary/aromatic N) is 1. The second-order valence-corrected chi connectivity index (χ2v) is 7.70. The first kappa shape index (κ1) is 20.0. The van der Waals surface area contributed by atoms with Crippen LogP contribution in [0.5, 0.6) is 5.75 Å². The molecule has 1 heterocycles. The maximum Gasteiger partial charge on any atom is 0.265 e. The lowest BCUT2D eigenvalue weighted by Crippen LogP contribution is -2.30. The van der Waals surface area contributed by atoms with Gasteiger partial charge in [0.2, 0.25) is 0 Å². The Morgan fingerprint density at radius 3 is 2.48 bits per heavy atom. The minimum Gasteiger partial charge on any atom is -0.479 e. The first-order valence-electron chi connectivity index (χ1n) is 9.25. The fourth-order valence-corrected chi connectivity index (χ4v) is 3.58. The van der Waals surface area contributed by atoms with E-state index in [4.69, 9.17) is 27.9 Å². The summed E-state index contributed by atoms with van der Waals surface area (Å²) in [5.74, 6) is 0.199. The minimum absolute atomic E-state index is 0.232. The van der Waals surface area contributed by atoms with Gasteiger partial charge in [0.05, 0.1) is 5.02 Å². The van der Waals surface area contributed by atoms with Gasteiger partial charge < -0.3 is 10.1 Å². The number of hydrogen-bond acceptors (Lipinski definition) is 3. The number of carbonyl (C=O) groups is 1. The van der Waals surface area contributed by atoms with Gasteiger partial charge in [-0.25, -0.2) is 0 Å². The highest BCUT2D eigenvalue weighted by atomic mass is 35.5.